The molecule has 184 valence electrons. The fourth-order valence-electron chi connectivity index (χ4n) is 6.24. The Morgan fingerprint density at radius 3 is 2.31 bits per heavy atom. The highest BCUT2D eigenvalue weighted by molar-refractivity contribution is 5.85. The number of nitrogens with zero attached hydrogens (tertiary/aromatic N) is 1. The first-order valence-corrected chi connectivity index (χ1v) is 12.3. The summed E-state index contributed by atoms with van der Waals surface area (Å²) in [5.41, 5.74) is 2.93. The molecule has 2 aliphatic carbocycles. The van der Waals surface area contributed by atoms with Crippen molar-refractivity contribution in [3.05, 3.63) is 59.7 Å². The van der Waals surface area contributed by atoms with E-state index in [1.165, 1.54) is 11.1 Å². The Morgan fingerprint density at radius 2 is 1.71 bits per heavy atom. The molecule has 1 saturated carbocycles. The zero-order valence-corrected chi connectivity index (χ0v) is 20.3. The van der Waals surface area contributed by atoms with Crippen molar-refractivity contribution in [3.63, 3.8) is 0 Å². The second-order valence-corrected chi connectivity index (χ2v) is 10.8. The summed E-state index contributed by atoms with van der Waals surface area (Å²) in [6.45, 7) is 4.61. The second-order valence-electron chi connectivity index (χ2n) is 10.8. The van der Waals surface area contributed by atoms with Crippen LogP contribution in [0.1, 0.15) is 50.2 Å². The standard InChI is InChI=1S/C28H32N2O5/c1-27(2,24(31)30-14-18-8-7-13-28(18,17-30)25(32)33)16-29-26(34)35-15-23-21-11-5-3-9-19(21)20-10-4-6-12-22(20)23/h3-6,9-12,18,23H,7-8,13-17H2,1-2H3,(H,29,34)(H,32,33)/t18-,28-/m1/s1. The topological polar surface area (TPSA) is 95.9 Å². The number of rotatable bonds is 6. The average Bonchev–Trinajstić information content (AvgIpc) is 3.51. The Kier molecular flexibility index (Phi) is 5.82. The molecule has 1 saturated heterocycles. The minimum Gasteiger partial charge on any atom is -0.481 e. The van der Waals surface area contributed by atoms with Gasteiger partial charge in [0.15, 0.2) is 0 Å². The smallest absolute Gasteiger partial charge is 0.407 e. The summed E-state index contributed by atoms with van der Waals surface area (Å²) >= 11 is 0. The largest absolute Gasteiger partial charge is 0.481 e. The van der Waals surface area contributed by atoms with E-state index >= 15 is 0 Å². The number of fused-ring (bicyclic) bond motifs is 4. The normalized spacial score (nSPS) is 22.9. The van der Waals surface area contributed by atoms with Crippen molar-refractivity contribution in [2.45, 2.75) is 39.0 Å². The van der Waals surface area contributed by atoms with E-state index in [4.69, 9.17) is 4.74 Å². The van der Waals surface area contributed by atoms with Gasteiger partial charge in [-0.15, -0.1) is 0 Å². The van der Waals surface area contributed by atoms with Gasteiger partial charge in [0.2, 0.25) is 5.91 Å². The van der Waals surface area contributed by atoms with Crippen LogP contribution in [0, 0.1) is 16.7 Å². The number of benzene rings is 2. The molecule has 0 spiro atoms. The molecule has 2 amide bonds. The van der Waals surface area contributed by atoms with Crippen LogP contribution in [0.2, 0.25) is 0 Å². The summed E-state index contributed by atoms with van der Waals surface area (Å²) in [5, 5.41) is 12.6. The molecule has 2 aromatic carbocycles. The van der Waals surface area contributed by atoms with Crippen molar-refractivity contribution < 1.29 is 24.2 Å². The summed E-state index contributed by atoms with van der Waals surface area (Å²) in [5.74, 6) is -0.954. The molecule has 0 aromatic heterocycles. The molecule has 3 aliphatic rings. The number of carboxylic acid groups (broad SMARTS) is 1. The molecule has 7 heteroatoms. The van der Waals surface area contributed by atoms with Gasteiger partial charge < -0.3 is 20.1 Å². The van der Waals surface area contributed by atoms with Crippen LogP contribution in [-0.4, -0.2) is 54.2 Å². The molecule has 2 N–H and O–H groups in total. The Hall–Kier alpha value is -3.35. The van der Waals surface area contributed by atoms with Crippen molar-refractivity contribution in [2.75, 3.05) is 26.2 Å². The van der Waals surface area contributed by atoms with E-state index in [2.05, 4.69) is 29.6 Å². The number of carbonyl (C=O) groups excluding carboxylic acids is 2. The third-order valence-corrected chi connectivity index (χ3v) is 8.18. The van der Waals surface area contributed by atoms with Gasteiger partial charge in [0.25, 0.3) is 0 Å². The lowest BCUT2D eigenvalue weighted by atomic mass is 9.81. The van der Waals surface area contributed by atoms with E-state index in [-0.39, 0.29) is 37.4 Å². The number of ether oxygens (including phenoxy) is 1. The van der Waals surface area contributed by atoms with Crippen LogP contribution >= 0.6 is 0 Å². The van der Waals surface area contributed by atoms with Gasteiger partial charge in [-0.3, -0.25) is 9.59 Å². The zero-order chi connectivity index (χ0) is 24.8. The lowest BCUT2D eigenvalue weighted by Crippen LogP contribution is -2.47. The first-order valence-electron chi connectivity index (χ1n) is 12.3. The summed E-state index contributed by atoms with van der Waals surface area (Å²) < 4.78 is 5.60. The maximum absolute atomic E-state index is 13.3. The molecule has 0 radical (unpaired) electrons. The molecule has 5 rings (SSSR count). The molecular formula is C28H32N2O5. The van der Waals surface area contributed by atoms with E-state index in [0.29, 0.717) is 13.0 Å². The molecule has 2 atom stereocenters. The molecule has 7 nitrogen and oxygen atoms in total. The highest BCUT2D eigenvalue weighted by Crippen LogP contribution is 2.49. The number of likely N-dealkylation sites (tertiary alicyclic amines) is 1. The van der Waals surface area contributed by atoms with Gasteiger partial charge in [-0.1, -0.05) is 55.0 Å². The monoisotopic (exact) mass is 476 g/mol. The number of carboxylic acids is 1. The quantitative estimate of drug-likeness (QED) is 0.649. The lowest BCUT2D eigenvalue weighted by molar-refractivity contribution is -0.150. The van der Waals surface area contributed by atoms with Crippen LogP contribution in [-0.2, 0) is 14.3 Å². The van der Waals surface area contributed by atoms with Gasteiger partial charge in [-0.05, 0) is 54.9 Å². The van der Waals surface area contributed by atoms with Crippen molar-refractivity contribution in [3.8, 4) is 11.1 Å². The predicted octanol–water partition coefficient (Wildman–Crippen LogP) is 4.26. The predicted molar refractivity (Wildman–Crippen MR) is 131 cm³/mol. The molecule has 2 aromatic rings. The number of alkyl carbamates (subject to hydrolysis) is 1. The maximum Gasteiger partial charge on any atom is 0.407 e. The number of carbonyl (C=O) groups is 3. The van der Waals surface area contributed by atoms with Crippen molar-refractivity contribution >= 4 is 18.0 Å². The van der Waals surface area contributed by atoms with Gasteiger partial charge in [0, 0.05) is 25.6 Å². The molecule has 35 heavy (non-hydrogen) atoms. The van der Waals surface area contributed by atoms with E-state index in [9.17, 15) is 19.5 Å². The third-order valence-electron chi connectivity index (χ3n) is 8.18. The molecule has 2 fully saturated rings. The van der Waals surface area contributed by atoms with Crippen molar-refractivity contribution in [1.29, 1.82) is 0 Å². The Morgan fingerprint density at radius 1 is 1.09 bits per heavy atom. The SMILES string of the molecule is CC(C)(CNC(=O)OCC1c2ccccc2-c2ccccc21)C(=O)N1C[C@H]2CCC[C@@]2(C(=O)O)C1. The Labute approximate surface area is 205 Å². The highest BCUT2D eigenvalue weighted by atomic mass is 16.5. The first kappa shape index (κ1) is 23.4. The van der Waals surface area contributed by atoms with Gasteiger partial charge in [0.1, 0.15) is 6.61 Å². The maximum atomic E-state index is 13.3. The fourth-order valence-corrected chi connectivity index (χ4v) is 6.24. The Balaban J connectivity index is 1.18. The minimum absolute atomic E-state index is 0.00911. The second kappa shape index (κ2) is 8.70. The summed E-state index contributed by atoms with van der Waals surface area (Å²) in [6, 6.07) is 16.3. The van der Waals surface area contributed by atoms with E-state index in [1.54, 1.807) is 18.7 Å². The van der Waals surface area contributed by atoms with Crippen molar-refractivity contribution in [2.24, 2.45) is 16.7 Å². The van der Waals surface area contributed by atoms with Gasteiger partial charge in [-0.2, -0.15) is 0 Å². The van der Waals surface area contributed by atoms with E-state index in [0.717, 1.165) is 24.0 Å². The number of aliphatic carboxylic acids is 1. The first-order chi connectivity index (χ1) is 16.7. The fraction of sp³-hybridized carbons (Fsp3) is 0.464. The van der Waals surface area contributed by atoms with E-state index in [1.807, 2.05) is 24.3 Å². The zero-order valence-electron chi connectivity index (χ0n) is 20.3. The van der Waals surface area contributed by atoms with Crippen LogP contribution in [0.4, 0.5) is 4.79 Å². The summed E-state index contributed by atoms with van der Waals surface area (Å²) in [4.78, 5) is 39.5. The third kappa shape index (κ3) is 3.97. The molecule has 1 heterocycles. The van der Waals surface area contributed by atoms with Crippen molar-refractivity contribution in [1.82, 2.24) is 10.2 Å². The minimum atomic E-state index is -0.871. The number of hydrogen-bond donors (Lipinski definition) is 2. The van der Waals surface area contributed by atoms with Crippen LogP contribution in [0.25, 0.3) is 11.1 Å². The number of amides is 2. The molecule has 0 unspecified atom stereocenters. The van der Waals surface area contributed by atoms with Crippen LogP contribution in [0.5, 0.6) is 0 Å². The van der Waals surface area contributed by atoms with Gasteiger partial charge >= 0.3 is 12.1 Å². The summed E-state index contributed by atoms with van der Waals surface area (Å²) in [7, 11) is 0. The van der Waals surface area contributed by atoms with Gasteiger partial charge in [-0.25, -0.2) is 4.79 Å². The Bertz CT molecular complexity index is 1130. The van der Waals surface area contributed by atoms with Crippen LogP contribution in [0.15, 0.2) is 48.5 Å². The van der Waals surface area contributed by atoms with E-state index < -0.39 is 22.9 Å². The highest BCUT2D eigenvalue weighted by Gasteiger charge is 2.56. The molecule has 1 aliphatic heterocycles. The molecule has 0 bridgehead atoms. The summed E-state index contributed by atoms with van der Waals surface area (Å²) in [6.07, 6.45) is 1.79. The van der Waals surface area contributed by atoms with Gasteiger partial charge in [0.05, 0.1) is 10.8 Å². The number of nitrogens with one attached hydrogen (secondary N) is 1. The molecular weight excluding hydrogens is 444 g/mol. The number of hydrogen-bond acceptors (Lipinski definition) is 4. The average molecular weight is 477 g/mol. The van der Waals surface area contributed by atoms with Crippen LogP contribution < -0.4 is 5.32 Å². The lowest BCUT2D eigenvalue weighted by Gasteiger charge is -2.30. The van der Waals surface area contributed by atoms with Crippen LogP contribution in [0.3, 0.4) is 0 Å².